The first-order valence-electron chi connectivity index (χ1n) is 9.95. The van der Waals surface area contributed by atoms with Gasteiger partial charge in [0.2, 0.25) is 5.95 Å². The Bertz CT molecular complexity index is 728. The highest BCUT2D eigenvalue weighted by molar-refractivity contribution is 5.84. The van der Waals surface area contributed by atoms with Gasteiger partial charge in [-0.05, 0) is 38.5 Å². The lowest BCUT2D eigenvalue weighted by Crippen LogP contribution is -2.33. The van der Waals surface area contributed by atoms with E-state index in [1.54, 1.807) is 0 Å². The molecule has 0 aromatic carbocycles. The Hall–Kier alpha value is -1.93. The molecular formula is C18H30N8. The molecule has 0 radical (unpaired) electrons. The van der Waals surface area contributed by atoms with Gasteiger partial charge in [0.15, 0.2) is 17.0 Å². The van der Waals surface area contributed by atoms with Crippen LogP contribution in [0, 0.1) is 0 Å². The summed E-state index contributed by atoms with van der Waals surface area (Å²) in [4.78, 5) is 14.1. The van der Waals surface area contributed by atoms with Crippen molar-refractivity contribution in [3.05, 3.63) is 6.33 Å². The van der Waals surface area contributed by atoms with Gasteiger partial charge in [0.1, 0.15) is 0 Å². The molecule has 2 aliphatic rings. The number of hydrogen-bond acceptors (Lipinski definition) is 7. The summed E-state index contributed by atoms with van der Waals surface area (Å²) in [5, 5.41) is 6.84. The van der Waals surface area contributed by atoms with Crippen LogP contribution in [0.5, 0.6) is 0 Å². The Balaban J connectivity index is 1.64. The molecule has 6 N–H and O–H groups in total. The minimum absolute atomic E-state index is 0.335. The molecule has 8 nitrogen and oxygen atoms in total. The standard InChI is InChI=1S/C18H30N8/c19-9-10-21-16-15-17(26(11-22-15)14-3-1-2-4-14)25-18(24-16)23-13-7-5-12(20)6-8-13/h11-14H,1-10,19-20H2,(H2,21,23,24,25)/t12-,13-. The van der Waals surface area contributed by atoms with Gasteiger partial charge >= 0.3 is 0 Å². The molecule has 0 unspecified atom stereocenters. The van der Waals surface area contributed by atoms with Gasteiger partial charge in [-0.3, -0.25) is 0 Å². The van der Waals surface area contributed by atoms with Gasteiger partial charge in [0, 0.05) is 31.2 Å². The second-order valence-electron chi connectivity index (χ2n) is 7.63. The van der Waals surface area contributed by atoms with Crippen molar-refractivity contribution in [2.75, 3.05) is 23.7 Å². The smallest absolute Gasteiger partial charge is 0.227 e. The summed E-state index contributed by atoms with van der Waals surface area (Å²) in [6, 6.07) is 1.22. The monoisotopic (exact) mass is 358 g/mol. The highest BCUT2D eigenvalue weighted by Gasteiger charge is 2.23. The van der Waals surface area contributed by atoms with E-state index in [2.05, 4.69) is 20.2 Å². The summed E-state index contributed by atoms with van der Waals surface area (Å²) in [5.41, 5.74) is 13.4. The Morgan fingerprint density at radius 2 is 1.85 bits per heavy atom. The second kappa shape index (κ2) is 7.75. The maximum Gasteiger partial charge on any atom is 0.227 e. The first kappa shape index (κ1) is 17.5. The summed E-state index contributed by atoms with van der Waals surface area (Å²) < 4.78 is 2.24. The Labute approximate surface area is 154 Å². The highest BCUT2D eigenvalue weighted by atomic mass is 15.2. The van der Waals surface area contributed by atoms with Crippen molar-refractivity contribution in [3.8, 4) is 0 Å². The van der Waals surface area contributed by atoms with E-state index in [0.29, 0.717) is 37.2 Å². The number of anilines is 2. The molecule has 0 amide bonds. The average Bonchev–Trinajstić information content (AvgIpc) is 3.31. The van der Waals surface area contributed by atoms with Crippen LogP contribution in [0.15, 0.2) is 6.33 Å². The van der Waals surface area contributed by atoms with Crippen LogP contribution in [0.4, 0.5) is 11.8 Å². The van der Waals surface area contributed by atoms with Crippen LogP contribution in [0.1, 0.15) is 57.4 Å². The van der Waals surface area contributed by atoms with E-state index < -0.39 is 0 Å². The molecule has 26 heavy (non-hydrogen) atoms. The molecule has 2 aromatic heterocycles. The molecule has 0 bridgehead atoms. The zero-order valence-corrected chi connectivity index (χ0v) is 15.3. The van der Waals surface area contributed by atoms with Gasteiger partial charge < -0.3 is 26.7 Å². The topological polar surface area (TPSA) is 120 Å². The first-order chi connectivity index (χ1) is 12.7. The molecule has 2 aliphatic carbocycles. The third-order valence-corrected chi connectivity index (χ3v) is 5.68. The molecule has 0 saturated heterocycles. The molecule has 2 aromatic rings. The lowest BCUT2D eigenvalue weighted by Gasteiger charge is -2.27. The molecule has 8 heteroatoms. The van der Waals surface area contributed by atoms with Gasteiger partial charge in [0.25, 0.3) is 0 Å². The van der Waals surface area contributed by atoms with Crippen molar-refractivity contribution >= 4 is 22.9 Å². The Morgan fingerprint density at radius 3 is 2.58 bits per heavy atom. The minimum atomic E-state index is 0.335. The van der Waals surface area contributed by atoms with E-state index >= 15 is 0 Å². The van der Waals surface area contributed by atoms with Crippen LogP contribution in [-0.4, -0.2) is 44.7 Å². The third kappa shape index (κ3) is 3.61. The van der Waals surface area contributed by atoms with E-state index in [4.69, 9.17) is 21.4 Å². The van der Waals surface area contributed by atoms with E-state index in [0.717, 1.165) is 42.7 Å². The molecule has 2 saturated carbocycles. The summed E-state index contributed by atoms with van der Waals surface area (Å²) >= 11 is 0. The minimum Gasteiger partial charge on any atom is -0.367 e. The first-order valence-corrected chi connectivity index (χ1v) is 9.95. The second-order valence-corrected chi connectivity index (χ2v) is 7.63. The van der Waals surface area contributed by atoms with E-state index in [-0.39, 0.29) is 0 Å². The Kier molecular flexibility index (Phi) is 5.21. The summed E-state index contributed by atoms with van der Waals surface area (Å²) in [6.07, 6.45) is 11.1. The van der Waals surface area contributed by atoms with E-state index in [1.165, 1.54) is 25.7 Å². The predicted molar refractivity (Wildman–Crippen MR) is 104 cm³/mol. The number of nitrogens with zero attached hydrogens (tertiary/aromatic N) is 4. The fourth-order valence-corrected chi connectivity index (χ4v) is 4.19. The van der Waals surface area contributed by atoms with Crippen LogP contribution < -0.4 is 22.1 Å². The van der Waals surface area contributed by atoms with Crippen molar-refractivity contribution < 1.29 is 0 Å². The van der Waals surface area contributed by atoms with Gasteiger partial charge in [0.05, 0.1) is 6.33 Å². The number of fused-ring (bicyclic) bond motifs is 1. The molecule has 0 atom stereocenters. The van der Waals surface area contributed by atoms with Crippen LogP contribution in [0.2, 0.25) is 0 Å². The largest absolute Gasteiger partial charge is 0.367 e. The number of rotatable bonds is 6. The van der Waals surface area contributed by atoms with Crippen molar-refractivity contribution in [3.63, 3.8) is 0 Å². The van der Waals surface area contributed by atoms with Crippen LogP contribution in [0.3, 0.4) is 0 Å². The molecule has 2 heterocycles. The average molecular weight is 358 g/mol. The Morgan fingerprint density at radius 1 is 1.08 bits per heavy atom. The number of nitrogens with two attached hydrogens (primary N) is 2. The van der Waals surface area contributed by atoms with E-state index in [1.807, 2.05) is 6.33 Å². The number of imidazole rings is 1. The molecular weight excluding hydrogens is 328 g/mol. The van der Waals surface area contributed by atoms with Crippen LogP contribution in [-0.2, 0) is 0 Å². The van der Waals surface area contributed by atoms with Gasteiger partial charge in [-0.15, -0.1) is 0 Å². The molecule has 142 valence electrons. The quantitative estimate of drug-likeness (QED) is 0.623. The molecule has 0 spiro atoms. The SMILES string of the molecule is NCCNc1nc(N[C@H]2CC[C@H](N)CC2)nc2c1ncn2C1CCCC1. The lowest BCUT2D eigenvalue weighted by atomic mass is 9.92. The maximum absolute atomic E-state index is 6.03. The van der Waals surface area contributed by atoms with Gasteiger partial charge in [-0.2, -0.15) is 9.97 Å². The number of nitrogens with one attached hydrogen (secondary N) is 2. The van der Waals surface area contributed by atoms with Crippen molar-refractivity contribution in [2.45, 2.75) is 69.5 Å². The molecule has 2 fully saturated rings. The fourth-order valence-electron chi connectivity index (χ4n) is 4.19. The van der Waals surface area contributed by atoms with Crippen LogP contribution >= 0.6 is 0 Å². The van der Waals surface area contributed by atoms with Crippen molar-refractivity contribution in [1.82, 2.24) is 19.5 Å². The van der Waals surface area contributed by atoms with Crippen molar-refractivity contribution in [2.24, 2.45) is 11.5 Å². The zero-order chi connectivity index (χ0) is 17.9. The van der Waals surface area contributed by atoms with Gasteiger partial charge in [-0.1, -0.05) is 12.8 Å². The normalized spacial score (nSPS) is 24.2. The summed E-state index contributed by atoms with van der Waals surface area (Å²) in [5.74, 6) is 1.45. The van der Waals surface area contributed by atoms with E-state index in [9.17, 15) is 0 Å². The number of aromatic nitrogens is 4. The predicted octanol–water partition coefficient (Wildman–Crippen LogP) is 1.99. The summed E-state index contributed by atoms with van der Waals surface area (Å²) in [6.45, 7) is 1.22. The summed E-state index contributed by atoms with van der Waals surface area (Å²) in [7, 11) is 0. The fraction of sp³-hybridized carbons (Fsp3) is 0.722. The van der Waals surface area contributed by atoms with Crippen LogP contribution in [0.25, 0.3) is 11.2 Å². The zero-order valence-electron chi connectivity index (χ0n) is 15.3. The highest BCUT2D eigenvalue weighted by Crippen LogP contribution is 2.33. The maximum atomic E-state index is 6.03. The third-order valence-electron chi connectivity index (χ3n) is 5.68. The molecule has 4 rings (SSSR count). The number of hydrogen-bond donors (Lipinski definition) is 4. The molecule has 0 aliphatic heterocycles. The van der Waals surface area contributed by atoms with Crippen molar-refractivity contribution in [1.29, 1.82) is 0 Å². The lowest BCUT2D eigenvalue weighted by molar-refractivity contribution is 0.410. The van der Waals surface area contributed by atoms with Gasteiger partial charge in [-0.25, -0.2) is 4.98 Å².